The lowest BCUT2D eigenvalue weighted by atomic mass is 9.96. The molecule has 0 spiro atoms. The topological polar surface area (TPSA) is 49.8 Å². The van der Waals surface area contributed by atoms with Crippen LogP contribution >= 0.6 is 24.2 Å². The molecule has 0 saturated carbocycles. The number of likely N-dealkylation sites (tertiary alicyclic amines) is 1. The summed E-state index contributed by atoms with van der Waals surface area (Å²) in [6.07, 6.45) is -2.60. The second-order valence-electron chi connectivity index (χ2n) is 5.48. The van der Waals surface area contributed by atoms with Crippen molar-refractivity contribution in [1.29, 1.82) is 0 Å². The van der Waals surface area contributed by atoms with Crippen LogP contribution in [0.1, 0.15) is 5.56 Å². The molecule has 0 aliphatic carbocycles. The fourth-order valence-electron chi connectivity index (χ4n) is 2.83. The van der Waals surface area contributed by atoms with Gasteiger partial charge in [-0.25, -0.2) is 0 Å². The highest BCUT2D eigenvalue weighted by molar-refractivity contribution is 7.98. The van der Waals surface area contributed by atoms with Crippen LogP contribution in [0.4, 0.5) is 13.2 Å². The van der Waals surface area contributed by atoms with E-state index in [1.165, 1.54) is 23.8 Å². The maximum absolute atomic E-state index is 13.0. The van der Waals surface area contributed by atoms with Gasteiger partial charge in [-0.1, -0.05) is 6.07 Å². The normalized spacial score (nSPS) is 21.4. The molecule has 1 aromatic carbocycles. The molecule has 1 fully saturated rings. The van der Waals surface area contributed by atoms with E-state index in [2.05, 4.69) is 0 Å². The molecule has 4 nitrogen and oxygen atoms in total. The van der Waals surface area contributed by atoms with Gasteiger partial charge in [0.25, 0.3) is 0 Å². The molecule has 2 rings (SSSR count). The Labute approximate surface area is 148 Å². The highest BCUT2D eigenvalue weighted by Gasteiger charge is 2.52. The summed E-state index contributed by atoms with van der Waals surface area (Å²) in [6, 6.07) is 5.46. The minimum atomic E-state index is -4.50. The van der Waals surface area contributed by atoms with E-state index in [4.69, 9.17) is 9.84 Å². The molecule has 1 saturated heterocycles. The van der Waals surface area contributed by atoms with E-state index in [9.17, 15) is 18.0 Å². The van der Waals surface area contributed by atoms with Gasteiger partial charge in [0.15, 0.2) is 0 Å². The van der Waals surface area contributed by atoms with Crippen LogP contribution in [0.25, 0.3) is 0 Å². The smallest absolute Gasteiger partial charge is 0.393 e. The SMILES string of the molecule is COc1cc(CN2C[C@@H](C(F)(F)F)[C@H](C(=O)O)C2)ccc1SC.Cl. The van der Waals surface area contributed by atoms with Gasteiger partial charge in [-0.05, 0) is 24.0 Å². The minimum Gasteiger partial charge on any atom is -0.496 e. The Morgan fingerprint density at radius 3 is 2.54 bits per heavy atom. The van der Waals surface area contributed by atoms with Gasteiger partial charge in [0, 0.05) is 24.5 Å². The number of carboxylic acids is 1. The Balaban J connectivity index is 0.00000288. The first-order valence-corrected chi connectivity index (χ1v) is 8.21. The maximum atomic E-state index is 13.0. The van der Waals surface area contributed by atoms with E-state index in [-0.39, 0.29) is 32.0 Å². The zero-order valence-electron chi connectivity index (χ0n) is 13.2. The average Bonchev–Trinajstić information content (AvgIpc) is 2.91. The predicted octanol–water partition coefficient (Wildman–Crippen LogP) is 3.53. The molecule has 9 heteroatoms. The molecule has 24 heavy (non-hydrogen) atoms. The summed E-state index contributed by atoms with van der Waals surface area (Å²) >= 11 is 1.51. The first-order valence-electron chi connectivity index (χ1n) is 6.99. The van der Waals surface area contributed by atoms with E-state index in [0.717, 1.165) is 10.5 Å². The largest absolute Gasteiger partial charge is 0.496 e. The number of hydrogen-bond donors (Lipinski definition) is 1. The summed E-state index contributed by atoms with van der Waals surface area (Å²) in [4.78, 5) is 13.6. The Kier molecular flexibility index (Phi) is 7.25. The molecule has 0 radical (unpaired) electrons. The van der Waals surface area contributed by atoms with Crippen molar-refractivity contribution in [2.45, 2.75) is 17.6 Å². The van der Waals surface area contributed by atoms with Crippen molar-refractivity contribution in [1.82, 2.24) is 4.90 Å². The van der Waals surface area contributed by atoms with Crippen molar-refractivity contribution in [3.05, 3.63) is 23.8 Å². The average molecular weight is 386 g/mol. The zero-order chi connectivity index (χ0) is 17.2. The lowest BCUT2D eigenvalue weighted by Crippen LogP contribution is -2.33. The number of carboxylic acid groups (broad SMARTS) is 1. The van der Waals surface area contributed by atoms with Gasteiger partial charge in [-0.3, -0.25) is 9.69 Å². The van der Waals surface area contributed by atoms with Crippen LogP contribution in [0.15, 0.2) is 23.1 Å². The first-order chi connectivity index (χ1) is 10.8. The van der Waals surface area contributed by atoms with Gasteiger partial charge in [-0.2, -0.15) is 13.2 Å². The number of alkyl halides is 3. The van der Waals surface area contributed by atoms with Gasteiger partial charge < -0.3 is 9.84 Å². The number of halogens is 4. The quantitative estimate of drug-likeness (QED) is 0.786. The third-order valence-corrected chi connectivity index (χ3v) is 4.76. The lowest BCUT2D eigenvalue weighted by Gasteiger charge is -2.18. The van der Waals surface area contributed by atoms with Crippen molar-refractivity contribution >= 4 is 30.1 Å². The molecule has 0 aromatic heterocycles. The van der Waals surface area contributed by atoms with Crippen LogP contribution < -0.4 is 4.74 Å². The molecule has 1 heterocycles. The molecule has 1 aliphatic heterocycles. The second-order valence-corrected chi connectivity index (χ2v) is 6.32. The molecule has 2 atom stereocenters. The maximum Gasteiger partial charge on any atom is 0.393 e. The Morgan fingerprint density at radius 2 is 2.08 bits per heavy atom. The summed E-state index contributed by atoms with van der Waals surface area (Å²) in [6.45, 7) is -0.138. The van der Waals surface area contributed by atoms with Crippen molar-refractivity contribution < 1.29 is 27.8 Å². The third-order valence-electron chi connectivity index (χ3n) is 3.99. The van der Waals surface area contributed by atoms with Crippen molar-refractivity contribution in [3.8, 4) is 5.75 Å². The van der Waals surface area contributed by atoms with Gasteiger partial charge >= 0.3 is 12.1 Å². The molecule has 1 aliphatic rings. The van der Waals surface area contributed by atoms with Gasteiger partial charge in [0.2, 0.25) is 0 Å². The summed E-state index contributed by atoms with van der Waals surface area (Å²) in [5, 5.41) is 9.03. The first kappa shape index (κ1) is 20.9. The van der Waals surface area contributed by atoms with Gasteiger partial charge in [0.05, 0.1) is 18.9 Å². The molecule has 0 amide bonds. The zero-order valence-corrected chi connectivity index (χ0v) is 14.8. The molecular formula is C15H19ClF3NO3S. The summed E-state index contributed by atoms with van der Waals surface area (Å²) in [7, 11) is 1.54. The van der Waals surface area contributed by atoms with E-state index >= 15 is 0 Å². The van der Waals surface area contributed by atoms with Crippen LogP contribution in [-0.4, -0.2) is 48.6 Å². The fourth-order valence-corrected chi connectivity index (χ4v) is 3.38. The van der Waals surface area contributed by atoms with Crippen LogP contribution in [0.3, 0.4) is 0 Å². The third kappa shape index (κ3) is 4.70. The molecule has 0 unspecified atom stereocenters. The van der Waals surface area contributed by atoms with Gasteiger partial charge in [-0.15, -0.1) is 24.2 Å². The Morgan fingerprint density at radius 1 is 1.42 bits per heavy atom. The van der Waals surface area contributed by atoms with Crippen LogP contribution in [0.2, 0.25) is 0 Å². The van der Waals surface area contributed by atoms with Crippen molar-refractivity contribution in [2.24, 2.45) is 11.8 Å². The Hall–Kier alpha value is -1.12. The van der Waals surface area contributed by atoms with Crippen molar-refractivity contribution in [2.75, 3.05) is 26.5 Å². The molecule has 0 bridgehead atoms. The number of thioether (sulfide) groups is 1. The summed E-state index contributed by atoms with van der Waals surface area (Å²) in [5.41, 5.74) is 0.798. The predicted molar refractivity (Wildman–Crippen MR) is 88.0 cm³/mol. The molecule has 1 N–H and O–H groups in total. The number of ether oxygens (including phenoxy) is 1. The second kappa shape index (κ2) is 8.31. The fraction of sp³-hybridized carbons (Fsp3) is 0.533. The number of hydrogen-bond acceptors (Lipinski definition) is 4. The number of aliphatic carboxylic acids is 1. The number of benzene rings is 1. The van der Waals surface area contributed by atoms with Gasteiger partial charge in [0.1, 0.15) is 5.75 Å². The van der Waals surface area contributed by atoms with Crippen molar-refractivity contribution in [3.63, 3.8) is 0 Å². The molecule has 136 valence electrons. The summed E-state index contributed by atoms with van der Waals surface area (Å²) < 4.78 is 44.2. The number of methoxy groups -OCH3 is 1. The lowest BCUT2D eigenvalue weighted by molar-refractivity contribution is -0.188. The van der Waals surface area contributed by atoms with Crippen LogP contribution in [0, 0.1) is 11.8 Å². The number of rotatable bonds is 5. The number of carbonyl (C=O) groups is 1. The summed E-state index contributed by atoms with van der Waals surface area (Å²) in [5.74, 6) is -3.98. The monoisotopic (exact) mass is 385 g/mol. The van der Waals surface area contributed by atoms with E-state index < -0.39 is 24.0 Å². The standard InChI is InChI=1S/C15H18F3NO3S.ClH/c1-22-12-5-9(3-4-13(12)23-2)6-19-7-10(14(20)21)11(8-19)15(16,17)18;/h3-5,10-11H,6-8H2,1-2H3,(H,20,21);1H/t10-,11-;/m1./s1. The van der Waals surface area contributed by atoms with E-state index in [1.807, 2.05) is 18.4 Å². The van der Waals surface area contributed by atoms with E-state index in [1.54, 1.807) is 6.07 Å². The van der Waals surface area contributed by atoms with Crippen LogP contribution in [-0.2, 0) is 11.3 Å². The highest BCUT2D eigenvalue weighted by atomic mass is 35.5. The van der Waals surface area contributed by atoms with E-state index in [0.29, 0.717) is 5.75 Å². The minimum absolute atomic E-state index is 0. The number of nitrogens with zero attached hydrogens (tertiary/aromatic N) is 1. The highest BCUT2D eigenvalue weighted by Crippen LogP contribution is 2.38. The molecular weight excluding hydrogens is 367 g/mol. The Bertz CT molecular complexity index is 586. The molecule has 1 aromatic rings. The van der Waals surface area contributed by atoms with Crippen LogP contribution in [0.5, 0.6) is 5.75 Å².